The fourth-order valence-electron chi connectivity index (χ4n) is 3.03. The molecule has 2 aromatic rings. The number of nitrogens with zero attached hydrogens (tertiary/aromatic N) is 2. The molecule has 0 atom stereocenters. The van der Waals surface area contributed by atoms with Crippen LogP contribution in [0.1, 0.15) is 12.6 Å². The van der Waals surface area contributed by atoms with Crippen molar-refractivity contribution < 1.29 is 23.7 Å². The van der Waals surface area contributed by atoms with E-state index in [2.05, 4.69) is 16.0 Å². The Morgan fingerprint density at radius 2 is 1.82 bits per heavy atom. The van der Waals surface area contributed by atoms with Gasteiger partial charge < -0.3 is 18.9 Å². The zero-order chi connectivity index (χ0) is 20.3. The summed E-state index contributed by atoms with van der Waals surface area (Å²) in [5.41, 5.74) is 9.50. The Labute approximate surface area is 163 Å². The number of esters is 1. The lowest BCUT2D eigenvalue weighted by Gasteiger charge is -2.23. The van der Waals surface area contributed by atoms with Gasteiger partial charge >= 0.3 is 5.97 Å². The number of anilines is 1. The standard InChI is InChI=1S/C19H24N4O5/c1-11-16(13-6-7-14(26-4)15(10-13)27-5)18-21-20-17(12(2)23(18)22-11)19(24)28-9-8-25-3/h6-7,10,20-21H,8-9H2,1-5H3. The minimum absolute atomic E-state index is 0.176. The van der Waals surface area contributed by atoms with Crippen molar-refractivity contribution in [2.75, 3.05) is 40.0 Å². The topological polar surface area (TPSA) is 95.9 Å². The maximum absolute atomic E-state index is 12.3. The molecule has 150 valence electrons. The smallest absolute Gasteiger partial charge is 0.358 e. The first-order chi connectivity index (χ1) is 13.5. The molecule has 2 heterocycles. The zero-order valence-corrected chi connectivity index (χ0v) is 16.6. The number of hydrogen-bond acceptors (Lipinski definition) is 8. The number of hydrazine groups is 1. The number of carbonyl (C=O) groups excluding carboxylic acids is 1. The number of aromatic nitrogens is 2. The van der Waals surface area contributed by atoms with E-state index in [4.69, 9.17) is 18.9 Å². The molecule has 0 aliphatic carbocycles. The monoisotopic (exact) mass is 388 g/mol. The van der Waals surface area contributed by atoms with E-state index in [-0.39, 0.29) is 6.61 Å². The maximum atomic E-state index is 12.3. The molecule has 0 saturated heterocycles. The van der Waals surface area contributed by atoms with E-state index in [9.17, 15) is 4.79 Å². The molecule has 0 fully saturated rings. The zero-order valence-electron chi connectivity index (χ0n) is 16.6. The van der Waals surface area contributed by atoms with Gasteiger partial charge in [-0.25, -0.2) is 9.48 Å². The van der Waals surface area contributed by atoms with Crippen LogP contribution in [0.2, 0.25) is 0 Å². The average molecular weight is 388 g/mol. The summed E-state index contributed by atoms with van der Waals surface area (Å²) in [6.07, 6.45) is 0. The van der Waals surface area contributed by atoms with E-state index in [1.165, 1.54) is 0 Å². The molecule has 0 unspecified atom stereocenters. The van der Waals surface area contributed by atoms with Crippen molar-refractivity contribution in [2.24, 2.45) is 0 Å². The second kappa shape index (κ2) is 8.22. The normalized spacial score (nSPS) is 12.8. The van der Waals surface area contributed by atoms with Crippen molar-refractivity contribution in [2.45, 2.75) is 13.8 Å². The highest BCUT2D eigenvalue weighted by Gasteiger charge is 2.27. The van der Waals surface area contributed by atoms with Crippen LogP contribution in [0.5, 0.6) is 11.5 Å². The maximum Gasteiger partial charge on any atom is 0.358 e. The van der Waals surface area contributed by atoms with Gasteiger partial charge in [0.05, 0.1) is 32.2 Å². The molecule has 1 aliphatic heterocycles. The first-order valence-electron chi connectivity index (χ1n) is 8.73. The number of fused-ring (bicyclic) bond motifs is 1. The van der Waals surface area contributed by atoms with Gasteiger partial charge in [-0.1, -0.05) is 6.07 Å². The van der Waals surface area contributed by atoms with Gasteiger partial charge in [0.15, 0.2) is 23.0 Å². The quantitative estimate of drug-likeness (QED) is 0.550. The van der Waals surface area contributed by atoms with Crippen molar-refractivity contribution in [3.05, 3.63) is 29.6 Å². The summed E-state index contributed by atoms with van der Waals surface area (Å²) in [6.45, 7) is 4.22. The van der Waals surface area contributed by atoms with Crippen molar-refractivity contribution >= 4 is 17.5 Å². The SMILES string of the molecule is COCCOC(=O)C1=C(C)n2nc(C)c(-c3ccc(OC)c(OC)c3)c2NN1. The lowest BCUT2D eigenvalue weighted by molar-refractivity contribution is -0.140. The molecule has 0 amide bonds. The molecule has 9 heteroatoms. The summed E-state index contributed by atoms with van der Waals surface area (Å²) in [6, 6.07) is 5.66. The minimum atomic E-state index is -0.478. The van der Waals surface area contributed by atoms with Crippen LogP contribution in [0.25, 0.3) is 16.8 Å². The highest BCUT2D eigenvalue weighted by Crippen LogP contribution is 2.39. The van der Waals surface area contributed by atoms with Gasteiger partial charge in [0.25, 0.3) is 0 Å². The fraction of sp³-hybridized carbons (Fsp3) is 0.368. The van der Waals surface area contributed by atoms with Crippen molar-refractivity contribution in [1.29, 1.82) is 0 Å². The van der Waals surface area contributed by atoms with Gasteiger partial charge in [0.1, 0.15) is 6.61 Å². The predicted octanol–water partition coefficient (Wildman–Crippen LogP) is 2.18. The number of benzene rings is 1. The number of carbonyl (C=O) groups is 1. The van der Waals surface area contributed by atoms with Crippen LogP contribution in [0.4, 0.5) is 5.82 Å². The molecule has 0 spiro atoms. The third-order valence-corrected chi connectivity index (χ3v) is 4.44. The molecule has 3 rings (SSSR count). The van der Waals surface area contributed by atoms with E-state index in [1.54, 1.807) is 32.9 Å². The van der Waals surface area contributed by atoms with Gasteiger partial charge in [-0.15, -0.1) is 0 Å². The number of ether oxygens (including phenoxy) is 4. The highest BCUT2D eigenvalue weighted by molar-refractivity contribution is 5.96. The first-order valence-corrected chi connectivity index (χ1v) is 8.73. The summed E-state index contributed by atoms with van der Waals surface area (Å²) in [5, 5.41) is 4.59. The highest BCUT2D eigenvalue weighted by atomic mass is 16.6. The largest absolute Gasteiger partial charge is 0.493 e. The molecule has 0 radical (unpaired) electrons. The Morgan fingerprint density at radius 3 is 2.50 bits per heavy atom. The summed E-state index contributed by atoms with van der Waals surface area (Å²) >= 11 is 0. The summed E-state index contributed by atoms with van der Waals surface area (Å²) in [7, 11) is 4.74. The van der Waals surface area contributed by atoms with Gasteiger partial charge in [-0.2, -0.15) is 5.10 Å². The molecular formula is C19H24N4O5. The second-order valence-electron chi connectivity index (χ2n) is 6.13. The summed E-state index contributed by atoms with van der Waals surface area (Å²) in [4.78, 5) is 12.3. The number of rotatable bonds is 7. The van der Waals surface area contributed by atoms with Gasteiger partial charge in [0.2, 0.25) is 0 Å². The third-order valence-electron chi connectivity index (χ3n) is 4.44. The lowest BCUT2D eigenvalue weighted by Crippen LogP contribution is -2.34. The number of hydrogen-bond donors (Lipinski definition) is 2. The van der Waals surface area contributed by atoms with Crippen molar-refractivity contribution in [3.63, 3.8) is 0 Å². The van der Waals surface area contributed by atoms with Crippen LogP contribution in [-0.4, -0.2) is 50.3 Å². The van der Waals surface area contributed by atoms with E-state index < -0.39 is 5.97 Å². The van der Waals surface area contributed by atoms with Gasteiger partial charge in [-0.3, -0.25) is 10.9 Å². The lowest BCUT2D eigenvalue weighted by atomic mass is 10.0. The van der Waals surface area contributed by atoms with Crippen LogP contribution in [0, 0.1) is 6.92 Å². The molecule has 9 nitrogen and oxygen atoms in total. The second-order valence-corrected chi connectivity index (χ2v) is 6.13. The van der Waals surface area contributed by atoms with Crippen molar-refractivity contribution in [3.8, 4) is 22.6 Å². The Hall–Kier alpha value is -3.20. The number of allylic oxidation sites excluding steroid dienone is 1. The molecule has 1 aromatic heterocycles. The van der Waals surface area contributed by atoms with E-state index in [0.29, 0.717) is 29.5 Å². The first kappa shape index (κ1) is 19.6. The van der Waals surface area contributed by atoms with E-state index in [1.807, 2.05) is 25.1 Å². The van der Waals surface area contributed by atoms with Crippen LogP contribution >= 0.6 is 0 Å². The fourth-order valence-corrected chi connectivity index (χ4v) is 3.03. The number of methoxy groups -OCH3 is 3. The van der Waals surface area contributed by atoms with Crippen LogP contribution in [0.15, 0.2) is 23.9 Å². The summed E-state index contributed by atoms with van der Waals surface area (Å²) in [5.74, 6) is 1.51. The molecule has 2 N–H and O–H groups in total. The van der Waals surface area contributed by atoms with Gasteiger partial charge in [0, 0.05) is 12.7 Å². The van der Waals surface area contributed by atoms with Crippen LogP contribution < -0.4 is 20.3 Å². The third kappa shape index (κ3) is 3.48. The molecule has 0 saturated carbocycles. The Morgan fingerprint density at radius 1 is 1.07 bits per heavy atom. The number of aryl methyl sites for hydroxylation is 1. The Bertz CT molecular complexity index is 919. The molecule has 1 aliphatic rings. The van der Waals surface area contributed by atoms with E-state index >= 15 is 0 Å². The molecular weight excluding hydrogens is 364 g/mol. The number of nitrogens with one attached hydrogen (secondary N) is 2. The Balaban J connectivity index is 1.98. The molecule has 1 aromatic carbocycles. The van der Waals surface area contributed by atoms with Crippen LogP contribution in [0.3, 0.4) is 0 Å². The van der Waals surface area contributed by atoms with Crippen LogP contribution in [-0.2, 0) is 14.3 Å². The predicted molar refractivity (Wildman–Crippen MR) is 104 cm³/mol. The average Bonchev–Trinajstić information content (AvgIpc) is 3.04. The summed E-state index contributed by atoms with van der Waals surface area (Å²) < 4.78 is 22.5. The van der Waals surface area contributed by atoms with E-state index in [0.717, 1.165) is 22.6 Å². The Kier molecular flexibility index (Phi) is 5.74. The van der Waals surface area contributed by atoms with Crippen molar-refractivity contribution in [1.82, 2.24) is 15.2 Å². The molecule has 0 bridgehead atoms. The van der Waals surface area contributed by atoms with Gasteiger partial charge in [-0.05, 0) is 31.5 Å². The molecule has 28 heavy (non-hydrogen) atoms. The minimum Gasteiger partial charge on any atom is -0.493 e.